The van der Waals surface area contributed by atoms with Gasteiger partial charge in [-0.1, -0.05) is 0 Å². The van der Waals surface area contributed by atoms with Gasteiger partial charge in [-0.2, -0.15) is 5.10 Å². The molecular weight excluding hydrogens is 174 g/mol. The van der Waals surface area contributed by atoms with E-state index in [1.807, 2.05) is 12.4 Å². The van der Waals surface area contributed by atoms with Crippen molar-refractivity contribution in [3.05, 3.63) is 18.0 Å². The summed E-state index contributed by atoms with van der Waals surface area (Å²) in [5.74, 6) is 0.726. The first-order valence-corrected chi connectivity index (χ1v) is 5.50. The van der Waals surface area contributed by atoms with E-state index in [1.54, 1.807) is 0 Å². The summed E-state index contributed by atoms with van der Waals surface area (Å²) in [7, 11) is 0. The summed E-state index contributed by atoms with van der Waals surface area (Å²) in [6, 6.07) is 0.695. The number of hydrogen-bond donors (Lipinski definition) is 1. The van der Waals surface area contributed by atoms with Gasteiger partial charge in [0.05, 0.1) is 6.20 Å². The third-order valence-electron chi connectivity index (χ3n) is 3.25. The number of nitrogens with one attached hydrogen (secondary N) is 1. The lowest BCUT2D eigenvalue weighted by atomic mass is 9.91. The van der Waals surface area contributed by atoms with Gasteiger partial charge in [-0.05, 0) is 51.3 Å². The fourth-order valence-electron chi connectivity index (χ4n) is 2.23. The van der Waals surface area contributed by atoms with Crippen molar-refractivity contribution in [2.24, 2.45) is 0 Å². The zero-order valence-corrected chi connectivity index (χ0v) is 9.03. The molecule has 1 aliphatic heterocycles. The van der Waals surface area contributed by atoms with Gasteiger partial charge in [0, 0.05) is 12.2 Å². The first-order chi connectivity index (χ1) is 6.77. The predicted octanol–water partition coefficient (Wildman–Crippen LogP) is 2.00. The van der Waals surface area contributed by atoms with Crippen molar-refractivity contribution in [2.45, 2.75) is 38.6 Å². The van der Waals surface area contributed by atoms with E-state index in [-0.39, 0.29) is 0 Å². The molecule has 1 aromatic heterocycles. The summed E-state index contributed by atoms with van der Waals surface area (Å²) in [5, 5.41) is 6.91. The van der Waals surface area contributed by atoms with Crippen molar-refractivity contribution in [1.29, 1.82) is 0 Å². The smallest absolute Gasteiger partial charge is 0.0522 e. The molecule has 78 valence electrons. The Morgan fingerprint density at radius 1 is 1.43 bits per heavy atom. The molecule has 0 radical (unpaired) electrons. The third-order valence-corrected chi connectivity index (χ3v) is 3.25. The van der Waals surface area contributed by atoms with E-state index in [1.165, 1.54) is 31.5 Å². The van der Waals surface area contributed by atoms with E-state index >= 15 is 0 Å². The fourth-order valence-corrected chi connectivity index (χ4v) is 2.23. The zero-order valence-electron chi connectivity index (χ0n) is 9.03. The van der Waals surface area contributed by atoms with Crippen LogP contribution in [-0.4, -0.2) is 34.2 Å². The van der Waals surface area contributed by atoms with Gasteiger partial charge in [0.2, 0.25) is 0 Å². The Morgan fingerprint density at radius 2 is 2.14 bits per heavy atom. The Bertz CT molecular complexity index is 258. The van der Waals surface area contributed by atoms with Crippen LogP contribution in [-0.2, 0) is 0 Å². The van der Waals surface area contributed by atoms with Crippen LogP contribution >= 0.6 is 0 Å². The van der Waals surface area contributed by atoms with Crippen LogP contribution in [0.1, 0.15) is 38.2 Å². The number of nitrogens with zero attached hydrogens (tertiary/aromatic N) is 2. The lowest BCUT2D eigenvalue weighted by Gasteiger charge is -2.34. The summed E-state index contributed by atoms with van der Waals surface area (Å²) in [6.07, 6.45) is 6.56. The van der Waals surface area contributed by atoms with Gasteiger partial charge in [0.25, 0.3) is 0 Å². The molecule has 3 nitrogen and oxygen atoms in total. The summed E-state index contributed by atoms with van der Waals surface area (Å²) in [5.41, 5.74) is 1.38. The highest BCUT2D eigenvalue weighted by atomic mass is 15.1. The lowest BCUT2D eigenvalue weighted by Crippen LogP contribution is -2.37. The molecule has 0 unspecified atom stereocenters. The number of hydrogen-bond acceptors (Lipinski definition) is 2. The minimum Gasteiger partial charge on any atom is -0.301 e. The highest BCUT2D eigenvalue weighted by Gasteiger charge is 2.22. The van der Waals surface area contributed by atoms with Crippen LogP contribution in [0.25, 0.3) is 0 Å². The van der Waals surface area contributed by atoms with Crippen LogP contribution in [0.15, 0.2) is 12.4 Å². The summed E-state index contributed by atoms with van der Waals surface area (Å²) >= 11 is 0. The molecule has 1 N–H and O–H groups in total. The molecule has 0 saturated carbocycles. The molecule has 2 heterocycles. The van der Waals surface area contributed by atoms with Gasteiger partial charge in [0.1, 0.15) is 0 Å². The highest BCUT2D eigenvalue weighted by Crippen LogP contribution is 2.27. The molecule has 0 atom stereocenters. The summed E-state index contributed by atoms with van der Waals surface area (Å²) in [6.45, 7) is 7.01. The minimum absolute atomic E-state index is 0.695. The lowest BCUT2D eigenvalue weighted by molar-refractivity contribution is 0.172. The Morgan fingerprint density at radius 3 is 2.64 bits per heavy atom. The second kappa shape index (κ2) is 4.13. The van der Waals surface area contributed by atoms with E-state index < -0.39 is 0 Å². The Labute approximate surface area is 85.5 Å². The molecule has 1 aliphatic rings. The van der Waals surface area contributed by atoms with Gasteiger partial charge in [-0.15, -0.1) is 0 Å². The van der Waals surface area contributed by atoms with Gasteiger partial charge >= 0.3 is 0 Å². The van der Waals surface area contributed by atoms with Crippen LogP contribution in [0.5, 0.6) is 0 Å². The molecule has 1 saturated heterocycles. The van der Waals surface area contributed by atoms with Gasteiger partial charge < -0.3 is 4.90 Å². The maximum Gasteiger partial charge on any atom is 0.0522 e. The topological polar surface area (TPSA) is 31.9 Å². The van der Waals surface area contributed by atoms with E-state index in [4.69, 9.17) is 0 Å². The molecule has 1 aromatic rings. The largest absolute Gasteiger partial charge is 0.301 e. The van der Waals surface area contributed by atoms with Crippen LogP contribution < -0.4 is 0 Å². The van der Waals surface area contributed by atoms with Crippen LogP contribution in [0.4, 0.5) is 0 Å². The van der Waals surface area contributed by atoms with Crippen LogP contribution in [0, 0.1) is 0 Å². The number of aromatic amines is 1. The normalized spacial score (nSPS) is 20.5. The number of H-pyrrole nitrogens is 1. The Hall–Kier alpha value is -0.830. The number of piperidine rings is 1. The van der Waals surface area contributed by atoms with Crippen molar-refractivity contribution in [3.8, 4) is 0 Å². The average molecular weight is 193 g/mol. The number of rotatable bonds is 2. The highest BCUT2D eigenvalue weighted by molar-refractivity contribution is 5.11. The van der Waals surface area contributed by atoms with E-state index in [9.17, 15) is 0 Å². The molecule has 0 spiro atoms. The molecule has 1 fully saturated rings. The second-order valence-corrected chi connectivity index (χ2v) is 4.44. The maximum atomic E-state index is 4.01. The quantitative estimate of drug-likeness (QED) is 0.779. The van der Waals surface area contributed by atoms with Crippen molar-refractivity contribution in [3.63, 3.8) is 0 Å². The maximum absolute atomic E-state index is 4.01. The number of aromatic nitrogens is 2. The Kier molecular flexibility index (Phi) is 2.87. The zero-order chi connectivity index (χ0) is 9.97. The standard InChI is InChI=1S/C11H19N3/c1-9(2)14-5-3-10(4-6-14)11-7-12-13-8-11/h7-10H,3-6H2,1-2H3,(H,12,13). The SMILES string of the molecule is CC(C)N1CCC(c2cn[nH]c2)CC1. The second-order valence-electron chi connectivity index (χ2n) is 4.44. The summed E-state index contributed by atoms with van der Waals surface area (Å²) in [4.78, 5) is 2.55. The van der Waals surface area contributed by atoms with Gasteiger partial charge in [-0.3, -0.25) is 5.10 Å². The molecule has 0 aliphatic carbocycles. The fraction of sp³-hybridized carbons (Fsp3) is 0.727. The van der Waals surface area contributed by atoms with Crippen molar-refractivity contribution in [2.75, 3.05) is 13.1 Å². The monoisotopic (exact) mass is 193 g/mol. The average Bonchev–Trinajstić information content (AvgIpc) is 2.71. The van der Waals surface area contributed by atoms with Crippen molar-refractivity contribution < 1.29 is 0 Å². The molecule has 0 bridgehead atoms. The minimum atomic E-state index is 0.695. The van der Waals surface area contributed by atoms with Crippen molar-refractivity contribution in [1.82, 2.24) is 15.1 Å². The van der Waals surface area contributed by atoms with Gasteiger partial charge in [0.15, 0.2) is 0 Å². The molecule has 0 amide bonds. The molecule has 2 rings (SSSR count). The van der Waals surface area contributed by atoms with E-state index in [0.29, 0.717) is 6.04 Å². The van der Waals surface area contributed by atoms with Crippen molar-refractivity contribution >= 4 is 0 Å². The Balaban J connectivity index is 1.90. The molecule has 0 aromatic carbocycles. The first kappa shape index (κ1) is 9.71. The van der Waals surface area contributed by atoms with Crippen LogP contribution in [0.3, 0.4) is 0 Å². The van der Waals surface area contributed by atoms with Crippen LogP contribution in [0.2, 0.25) is 0 Å². The first-order valence-electron chi connectivity index (χ1n) is 5.50. The summed E-state index contributed by atoms with van der Waals surface area (Å²) < 4.78 is 0. The number of likely N-dealkylation sites (tertiary alicyclic amines) is 1. The van der Waals surface area contributed by atoms with Gasteiger partial charge in [-0.25, -0.2) is 0 Å². The molecule has 3 heteroatoms. The molecular formula is C11H19N3. The molecule has 14 heavy (non-hydrogen) atoms. The van der Waals surface area contributed by atoms with E-state index in [0.717, 1.165) is 5.92 Å². The van der Waals surface area contributed by atoms with E-state index in [2.05, 4.69) is 28.9 Å². The predicted molar refractivity (Wildman–Crippen MR) is 57.3 cm³/mol. The third kappa shape index (κ3) is 1.98.